The van der Waals surface area contributed by atoms with Crippen LogP contribution >= 0.6 is 11.9 Å². The SMILES string of the molecule is CCO.CCO.CCOO.OCl.[O]=[Zr]. The van der Waals surface area contributed by atoms with Crippen LogP contribution in [0.4, 0.5) is 0 Å². The van der Waals surface area contributed by atoms with Crippen molar-refractivity contribution in [2.75, 3.05) is 19.8 Å². The van der Waals surface area contributed by atoms with Crippen molar-refractivity contribution < 1.29 is 52.6 Å². The summed E-state index contributed by atoms with van der Waals surface area (Å²) >= 11 is 3.94. The predicted octanol–water partition coefficient (Wildman–Crippen LogP) is 0.504. The summed E-state index contributed by atoms with van der Waals surface area (Å²) in [5, 5.41) is 22.5. The van der Waals surface area contributed by atoms with Gasteiger partial charge in [0.25, 0.3) is 0 Å². The van der Waals surface area contributed by atoms with E-state index in [1.807, 2.05) is 0 Å². The Morgan fingerprint density at radius 2 is 1.14 bits per heavy atom. The molecule has 0 spiro atoms. The molecule has 4 N–H and O–H groups in total. The molecule has 8 heteroatoms. The van der Waals surface area contributed by atoms with Crippen LogP contribution in [0.2, 0.25) is 0 Å². The van der Waals surface area contributed by atoms with E-state index < -0.39 is 0 Å². The second-order valence-corrected chi connectivity index (χ2v) is 1.05. The molecule has 0 radical (unpaired) electrons. The Morgan fingerprint density at radius 3 is 1.14 bits per heavy atom. The van der Waals surface area contributed by atoms with E-state index in [4.69, 9.17) is 22.9 Å². The van der Waals surface area contributed by atoms with Gasteiger partial charge in [-0.05, 0) is 20.8 Å². The number of hydrogen-bond acceptors (Lipinski definition) is 6. The van der Waals surface area contributed by atoms with E-state index in [-0.39, 0.29) is 13.2 Å². The first-order valence-electron chi connectivity index (χ1n) is 3.60. The standard InChI is InChI=1S/C2H6O2.2C2H6O.ClHO.O.Zr/c1-2-4-3;2*1-2-3;1-2;;/h3H,2H2,1H3;2*3H,2H2,1H3;2H;;. The Kier molecular flexibility index (Phi) is 207. The molecule has 90 valence electrons. The molecule has 0 aliphatic rings. The van der Waals surface area contributed by atoms with Crippen molar-refractivity contribution in [3.8, 4) is 0 Å². The summed E-state index contributed by atoms with van der Waals surface area (Å²) in [6.07, 6.45) is 0. The van der Waals surface area contributed by atoms with E-state index in [0.29, 0.717) is 31.3 Å². The molecule has 0 aliphatic carbocycles. The summed E-state index contributed by atoms with van der Waals surface area (Å²) in [6.45, 7) is 5.94. The number of rotatable bonds is 1. The van der Waals surface area contributed by atoms with Crippen LogP contribution in [0.15, 0.2) is 0 Å². The first-order valence-corrected chi connectivity index (χ1v) is 4.94. The van der Waals surface area contributed by atoms with Crippen molar-refractivity contribution in [1.82, 2.24) is 0 Å². The molecule has 0 heterocycles. The molecule has 0 aromatic heterocycles. The zero-order valence-corrected chi connectivity index (χ0v) is 11.8. The van der Waals surface area contributed by atoms with Gasteiger partial charge in [0.05, 0.1) is 18.5 Å². The van der Waals surface area contributed by atoms with Crippen molar-refractivity contribution >= 4 is 11.9 Å². The molecule has 0 saturated carbocycles. The zero-order valence-electron chi connectivity index (χ0n) is 8.60. The monoisotopic (exact) mass is 312 g/mol. The quantitative estimate of drug-likeness (QED) is 0.415. The van der Waals surface area contributed by atoms with Crippen LogP contribution < -0.4 is 0 Å². The maximum atomic E-state index is 8.34. The summed E-state index contributed by atoms with van der Waals surface area (Å²) in [5.74, 6) is 0. The molecule has 0 saturated heterocycles. The van der Waals surface area contributed by atoms with Gasteiger partial charge >= 0.3 is 27.5 Å². The summed E-state index contributed by atoms with van der Waals surface area (Å²) < 4.78 is 14.8. The molecular weight excluding hydrogens is 295 g/mol. The van der Waals surface area contributed by atoms with Crippen LogP contribution in [-0.2, 0) is 32.4 Å². The third-order valence-electron chi connectivity index (χ3n) is 0.129. The van der Waals surface area contributed by atoms with Gasteiger partial charge in [-0.3, -0.25) is 9.92 Å². The molecule has 0 aromatic rings. The minimum absolute atomic E-state index is 0.250. The van der Waals surface area contributed by atoms with Crippen molar-refractivity contribution in [3.63, 3.8) is 0 Å². The average molecular weight is 314 g/mol. The fourth-order valence-electron chi connectivity index (χ4n) is 0. The van der Waals surface area contributed by atoms with Gasteiger partial charge in [0.15, 0.2) is 0 Å². The molecule has 0 amide bonds. The van der Waals surface area contributed by atoms with E-state index in [0.717, 1.165) is 0 Å². The average Bonchev–Trinajstić information content (AvgIpc) is 2.26. The van der Waals surface area contributed by atoms with E-state index in [1.165, 1.54) is 0 Å². The number of aliphatic hydroxyl groups is 2. The molecule has 0 bridgehead atoms. The Hall–Kier alpha value is 0.773. The first-order chi connectivity index (χ1) is 6.74. The van der Waals surface area contributed by atoms with Gasteiger partial charge in [0.1, 0.15) is 0 Å². The Bertz CT molecular complexity index is 41.5. The van der Waals surface area contributed by atoms with Crippen molar-refractivity contribution in [3.05, 3.63) is 0 Å². The summed E-state index contributed by atoms with van der Waals surface area (Å²) in [6, 6.07) is 0. The number of halogens is 1. The molecule has 0 aromatic carbocycles. The number of hydrogen-bond donors (Lipinski definition) is 4. The van der Waals surface area contributed by atoms with Crippen molar-refractivity contribution in [1.29, 1.82) is 0 Å². The summed E-state index contributed by atoms with van der Waals surface area (Å²) in [4.78, 5) is 3.54. The topological polar surface area (TPSA) is 107 Å². The second-order valence-electron chi connectivity index (χ2n) is 1.05. The molecule has 0 atom stereocenters. The predicted molar refractivity (Wildman–Crippen MR) is 48.5 cm³/mol. The Labute approximate surface area is 105 Å². The van der Waals surface area contributed by atoms with Crippen LogP contribution in [0.3, 0.4) is 0 Å². The van der Waals surface area contributed by atoms with E-state index in [9.17, 15) is 0 Å². The van der Waals surface area contributed by atoms with Crippen LogP contribution in [0, 0.1) is 0 Å². The third kappa shape index (κ3) is 563. The van der Waals surface area contributed by atoms with Gasteiger partial charge in [0, 0.05) is 13.2 Å². The van der Waals surface area contributed by atoms with Crippen LogP contribution in [0.5, 0.6) is 0 Å². The van der Waals surface area contributed by atoms with E-state index >= 15 is 0 Å². The maximum absolute atomic E-state index is 8.34. The van der Waals surface area contributed by atoms with Gasteiger partial charge in [-0.25, -0.2) is 4.89 Å². The summed E-state index contributed by atoms with van der Waals surface area (Å²) in [5.41, 5.74) is 0. The molecule has 0 aliphatic heterocycles. The van der Waals surface area contributed by atoms with Crippen molar-refractivity contribution in [2.24, 2.45) is 0 Å². The van der Waals surface area contributed by atoms with Gasteiger partial charge < -0.3 is 10.2 Å². The van der Waals surface area contributed by atoms with Gasteiger partial charge in [0.2, 0.25) is 0 Å². The van der Waals surface area contributed by atoms with Crippen LogP contribution in [-0.4, -0.2) is 39.9 Å². The van der Waals surface area contributed by atoms with Gasteiger partial charge in [-0.2, -0.15) is 0 Å². The molecule has 0 rings (SSSR count). The van der Waals surface area contributed by atoms with Crippen LogP contribution in [0.25, 0.3) is 0 Å². The van der Waals surface area contributed by atoms with Crippen molar-refractivity contribution in [2.45, 2.75) is 20.8 Å². The molecule has 0 unspecified atom stereocenters. The first kappa shape index (κ1) is 29.3. The fraction of sp³-hybridized carbons (Fsp3) is 1.00. The molecule has 0 fully saturated rings. The second kappa shape index (κ2) is 98.6. The molecule has 6 nitrogen and oxygen atoms in total. The Balaban J connectivity index is -0.0000000249. The molecule has 14 heavy (non-hydrogen) atoms. The van der Waals surface area contributed by atoms with E-state index in [1.54, 1.807) is 20.8 Å². The van der Waals surface area contributed by atoms with E-state index in [2.05, 4.69) is 16.8 Å². The minimum atomic E-state index is 0.250. The Morgan fingerprint density at radius 1 is 1.07 bits per heavy atom. The fourth-order valence-corrected chi connectivity index (χ4v) is 0. The molecular formula is C6H19ClO6Zr. The number of aliphatic hydroxyl groups excluding tert-OH is 2. The summed E-state index contributed by atoms with van der Waals surface area (Å²) in [7, 11) is 0. The zero-order chi connectivity index (χ0) is 12.8. The van der Waals surface area contributed by atoms with Gasteiger partial charge in [-0.1, -0.05) is 0 Å². The third-order valence-corrected chi connectivity index (χ3v) is 0.129. The normalized spacial score (nSPS) is 5.36. The van der Waals surface area contributed by atoms with Crippen LogP contribution in [0.1, 0.15) is 20.8 Å². The van der Waals surface area contributed by atoms with Gasteiger partial charge in [-0.15, -0.1) is 0 Å².